The Morgan fingerprint density at radius 2 is 1.68 bits per heavy atom. The van der Waals surface area contributed by atoms with Crippen LogP contribution >= 0.6 is 0 Å². The molecular formula is C30H34F3N7. The Bertz CT molecular complexity index is 1450. The number of hydrogen-bond donors (Lipinski definition) is 1. The standard InChI is InChI=1S/C30H34F3N7/c1-38-14-16-39(17-15-38)24-12-10-22(11-13-24)27-36-28(34-19-21-6-5-7-23(18-21)30(31,32)33)26-29(37-27)40(20-35-26)25-8-3-2-4-9-25/h5-7,10-13,18,20,25H,2-4,8-9,14-17,19H2,1H3,(H,34,36,37). The van der Waals surface area contributed by atoms with Crippen LogP contribution in [0.5, 0.6) is 0 Å². The molecule has 7 nitrogen and oxygen atoms in total. The lowest BCUT2D eigenvalue weighted by Crippen LogP contribution is -2.44. The van der Waals surface area contributed by atoms with Crippen molar-refractivity contribution in [1.29, 1.82) is 0 Å². The zero-order valence-electron chi connectivity index (χ0n) is 22.7. The predicted molar refractivity (Wildman–Crippen MR) is 151 cm³/mol. The Morgan fingerprint density at radius 1 is 0.925 bits per heavy atom. The van der Waals surface area contributed by atoms with E-state index in [0.29, 0.717) is 28.8 Å². The molecule has 40 heavy (non-hydrogen) atoms. The van der Waals surface area contributed by atoms with E-state index in [9.17, 15) is 13.2 Å². The van der Waals surface area contributed by atoms with E-state index in [-0.39, 0.29) is 6.54 Å². The summed E-state index contributed by atoms with van der Waals surface area (Å²) in [6.07, 6.45) is 3.21. The first kappa shape index (κ1) is 26.6. The van der Waals surface area contributed by atoms with Gasteiger partial charge in [0.25, 0.3) is 0 Å². The lowest BCUT2D eigenvalue weighted by molar-refractivity contribution is -0.137. The fourth-order valence-electron chi connectivity index (χ4n) is 5.72. The SMILES string of the molecule is CN1CCN(c2ccc(-c3nc(NCc4cccc(C(F)(F)F)c4)c4ncn(C5CCCCC5)c4n3)cc2)CC1. The van der Waals surface area contributed by atoms with Gasteiger partial charge in [-0.15, -0.1) is 0 Å². The highest BCUT2D eigenvalue weighted by molar-refractivity contribution is 5.85. The normalized spacial score (nSPS) is 17.4. The van der Waals surface area contributed by atoms with Gasteiger partial charge in [-0.1, -0.05) is 31.4 Å². The van der Waals surface area contributed by atoms with Gasteiger partial charge < -0.3 is 19.7 Å². The monoisotopic (exact) mass is 549 g/mol. The lowest BCUT2D eigenvalue weighted by Gasteiger charge is -2.34. The van der Waals surface area contributed by atoms with Crippen LogP contribution in [0.2, 0.25) is 0 Å². The van der Waals surface area contributed by atoms with Crippen LogP contribution in [0.1, 0.15) is 49.3 Å². The Hall–Kier alpha value is -3.66. The number of piperazine rings is 1. The maximum Gasteiger partial charge on any atom is 0.416 e. The van der Waals surface area contributed by atoms with E-state index >= 15 is 0 Å². The number of rotatable bonds is 6. The summed E-state index contributed by atoms with van der Waals surface area (Å²) in [5, 5.41) is 3.27. The van der Waals surface area contributed by atoms with E-state index in [0.717, 1.165) is 56.3 Å². The molecule has 210 valence electrons. The van der Waals surface area contributed by atoms with Gasteiger partial charge in [-0.05, 0) is 61.9 Å². The molecule has 10 heteroatoms. The molecule has 6 rings (SSSR count). The summed E-state index contributed by atoms with van der Waals surface area (Å²) >= 11 is 0. The van der Waals surface area contributed by atoms with Gasteiger partial charge in [-0.3, -0.25) is 0 Å². The molecule has 1 aliphatic carbocycles. The van der Waals surface area contributed by atoms with Crippen LogP contribution in [0.3, 0.4) is 0 Å². The zero-order valence-corrected chi connectivity index (χ0v) is 22.7. The minimum absolute atomic E-state index is 0.189. The van der Waals surface area contributed by atoms with Crippen LogP contribution in [-0.4, -0.2) is 57.6 Å². The molecule has 0 bridgehead atoms. The predicted octanol–water partition coefficient (Wildman–Crippen LogP) is 6.38. The number of benzene rings is 2. The third kappa shape index (κ3) is 5.63. The first-order valence-electron chi connectivity index (χ1n) is 14.0. The number of likely N-dealkylation sites (N-methyl/N-ethyl adjacent to an activating group) is 1. The maximum atomic E-state index is 13.3. The summed E-state index contributed by atoms with van der Waals surface area (Å²) in [6, 6.07) is 14.0. The summed E-state index contributed by atoms with van der Waals surface area (Å²) in [5.41, 5.74) is 3.31. The molecule has 4 aromatic rings. The topological polar surface area (TPSA) is 62.1 Å². The summed E-state index contributed by atoms with van der Waals surface area (Å²) in [4.78, 5) is 19.2. The molecule has 2 aliphatic rings. The minimum atomic E-state index is -4.39. The first-order chi connectivity index (χ1) is 19.3. The van der Waals surface area contributed by atoms with Crippen molar-refractivity contribution in [2.24, 2.45) is 0 Å². The summed E-state index contributed by atoms with van der Waals surface area (Å²) in [7, 11) is 2.14. The third-order valence-electron chi connectivity index (χ3n) is 8.10. The number of nitrogens with zero attached hydrogens (tertiary/aromatic N) is 6. The average Bonchev–Trinajstić information content (AvgIpc) is 3.41. The fraction of sp³-hybridized carbons (Fsp3) is 0.433. The van der Waals surface area contributed by atoms with Gasteiger partial charge in [-0.25, -0.2) is 15.0 Å². The quantitative estimate of drug-likeness (QED) is 0.301. The van der Waals surface area contributed by atoms with Crippen molar-refractivity contribution in [1.82, 2.24) is 24.4 Å². The highest BCUT2D eigenvalue weighted by Crippen LogP contribution is 2.34. The maximum absolute atomic E-state index is 13.3. The van der Waals surface area contributed by atoms with Crippen LogP contribution in [-0.2, 0) is 12.7 Å². The van der Waals surface area contributed by atoms with Gasteiger partial charge in [-0.2, -0.15) is 13.2 Å². The van der Waals surface area contributed by atoms with Crippen molar-refractivity contribution >= 4 is 22.7 Å². The van der Waals surface area contributed by atoms with E-state index in [1.807, 2.05) is 18.5 Å². The molecule has 3 heterocycles. The number of anilines is 2. The molecule has 0 radical (unpaired) electrons. The van der Waals surface area contributed by atoms with Crippen LogP contribution in [0.25, 0.3) is 22.6 Å². The van der Waals surface area contributed by atoms with Crippen LogP contribution in [0, 0.1) is 0 Å². The van der Waals surface area contributed by atoms with Gasteiger partial charge >= 0.3 is 6.18 Å². The molecule has 1 aliphatic heterocycles. The Balaban J connectivity index is 1.33. The number of nitrogens with one attached hydrogen (secondary N) is 1. The molecule has 0 atom stereocenters. The smallest absolute Gasteiger partial charge is 0.369 e. The van der Waals surface area contributed by atoms with Gasteiger partial charge in [0.1, 0.15) is 5.52 Å². The van der Waals surface area contributed by atoms with Crippen molar-refractivity contribution < 1.29 is 13.2 Å². The molecule has 1 saturated heterocycles. The molecule has 2 aromatic heterocycles. The second kappa shape index (κ2) is 11.1. The summed E-state index contributed by atoms with van der Waals surface area (Å²) in [6.45, 7) is 4.24. The Morgan fingerprint density at radius 3 is 2.40 bits per heavy atom. The molecule has 1 N–H and O–H groups in total. The van der Waals surface area contributed by atoms with Gasteiger partial charge in [0, 0.05) is 50.0 Å². The third-order valence-corrected chi connectivity index (χ3v) is 8.10. The second-order valence-corrected chi connectivity index (χ2v) is 10.9. The Labute approximate surface area is 232 Å². The van der Waals surface area contributed by atoms with Crippen molar-refractivity contribution in [3.05, 3.63) is 66.0 Å². The minimum Gasteiger partial charge on any atom is -0.369 e. The first-order valence-corrected chi connectivity index (χ1v) is 14.0. The number of imidazole rings is 1. The van der Waals surface area contributed by atoms with Crippen LogP contribution < -0.4 is 10.2 Å². The molecule has 0 amide bonds. The highest BCUT2D eigenvalue weighted by Gasteiger charge is 2.30. The molecule has 0 unspecified atom stereocenters. The van der Waals surface area contributed by atoms with E-state index in [1.165, 1.54) is 37.1 Å². The number of aromatic nitrogens is 4. The van der Waals surface area contributed by atoms with Crippen LogP contribution in [0.15, 0.2) is 54.9 Å². The van der Waals surface area contributed by atoms with Gasteiger partial charge in [0.15, 0.2) is 17.3 Å². The molecule has 2 fully saturated rings. The van der Waals surface area contributed by atoms with Crippen molar-refractivity contribution in [2.75, 3.05) is 43.4 Å². The number of alkyl halides is 3. The van der Waals surface area contributed by atoms with Crippen LogP contribution in [0.4, 0.5) is 24.7 Å². The molecular weight excluding hydrogens is 515 g/mol. The van der Waals surface area contributed by atoms with Gasteiger partial charge in [0.05, 0.1) is 11.9 Å². The molecule has 1 saturated carbocycles. The number of fused-ring (bicyclic) bond motifs is 1. The highest BCUT2D eigenvalue weighted by atomic mass is 19.4. The molecule has 0 spiro atoms. The van der Waals surface area contributed by atoms with E-state index in [1.54, 1.807) is 6.07 Å². The van der Waals surface area contributed by atoms with E-state index in [4.69, 9.17) is 9.97 Å². The van der Waals surface area contributed by atoms with Gasteiger partial charge in [0.2, 0.25) is 0 Å². The average molecular weight is 550 g/mol. The number of hydrogen-bond acceptors (Lipinski definition) is 6. The van der Waals surface area contributed by atoms with E-state index in [2.05, 4.69) is 43.8 Å². The Kier molecular flexibility index (Phi) is 7.35. The largest absolute Gasteiger partial charge is 0.416 e. The summed E-state index contributed by atoms with van der Waals surface area (Å²) < 4.78 is 42.0. The van der Waals surface area contributed by atoms with Crippen molar-refractivity contribution in [2.45, 2.75) is 50.9 Å². The lowest BCUT2D eigenvalue weighted by atomic mass is 9.95. The number of halogens is 3. The zero-order chi connectivity index (χ0) is 27.7. The fourth-order valence-corrected chi connectivity index (χ4v) is 5.72. The van der Waals surface area contributed by atoms with Crippen molar-refractivity contribution in [3.63, 3.8) is 0 Å². The summed E-state index contributed by atoms with van der Waals surface area (Å²) in [5.74, 6) is 1.09. The second-order valence-electron chi connectivity index (χ2n) is 10.9. The van der Waals surface area contributed by atoms with Crippen molar-refractivity contribution in [3.8, 4) is 11.4 Å². The van der Waals surface area contributed by atoms with E-state index < -0.39 is 11.7 Å². The molecule has 2 aromatic carbocycles.